The molecule has 4 aliphatic rings. The molecule has 4 atom stereocenters. The first-order valence-electron chi connectivity index (χ1n) is 9.25. The first kappa shape index (κ1) is 19.5. The molecule has 1 aliphatic carbocycles. The van der Waals surface area contributed by atoms with Crippen LogP contribution in [-0.2, 0) is 19.1 Å². The molecule has 12 heteroatoms. The van der Waals surface area contributed by atoms with E-state index in [1.165, 1.54) is 30.2 Å². The van der Waals surface area contributed by atoms with E-state index in [-0.39, 0.29) is 52.8 Å². The molecule has 5 rings (SSSR count). The molecule has 1 aromatic rings. The zero-order valence-corrected chi connectivity index (χ0v) is 17.5. The van der Waals surface area contributed by atoms with Gasteiger partial charge < -0.3 is 31.2 Å². The smallest absolute Gasteiger partial charge is 0.404 e. The number of fused-ring (bicyclic) bond motifs is 4. The minimum Gasteiger partial charge on any atom is -0.449 e. The molecule has 158 valence electrons. The molecule has 1 amide bonds. The van der Waals surface area contributed by atoms with Crippen LogP contribution in [0.1, 0.15) is 0 Å². The molecule has 5 N–H and O–H groups in total. The highest BCUT2D eigenvalue weighted by Crippen LogP contribution is 2.55. The molecule has 4 heterocycles. The van der Waals surface area contributed by atoms with Crippen LogP contribution < -0.4 is 16.8 Å². The SMILES string of the molecule is CO[C@@]12[C@H](COC(N)=O)C3=C(C(=O)C(CSc4nccs4)=C(N)C3=O)N1C[C@@H]1N[C@@H]12. The number of hydrogen-bond donors (Lipinski definition) is 3. The van der Waals surface area contributed by atoms with Crippen molar-refractivity contribution in [3.05, 3.63) is 34.1 Å². The number of Topliss-reactive ketones (excluding diaryl/α,β-unsaturated/α-hetero) is 2. The molecule has 30 heavy (non-hydrogen) atoms. The van der Waals surface area contributed by atoms with E-state index in [1.807, 2.05) is 10.3 Å². The van der Waals surface area contributed by atoms with Gasteiger partial charge in [-0.05, 0) is 0 Å². The second kappa shape index (κ2) is 6.80. The summed E-state index contributed by atoms with van der Waals surface area (Å²) in [7, 11) is 1.52. The van der Waals surface area contributed by atoms with Gasteiger partial charge in [-0.1, -0.05) is 11.8 Å². The molecule has 0 unspecified atom stereocenters. The van der Waals surface area contributed by atoms with Gasteiger partial charge in [0.25, 0.3) is 0 Å². The first-order valence-corrected chi connectivity index (χ1v) is 11.1. The summed E-state index contributed by atoms with van der Waals surface area (Å²) >= 11 is 2.81. The third-order valence-corrected chi connectivity index (χ3v) is 8.07. The number of piperazine rings is 1. The van der Waals surface area contributed by atoms with Gasteiger partial charge in [0.1, 0.15) is 10.9 Å². The van der Waals surface area contributed by atoms with Crippen molar-refractivity contribution in [1.29, 1.82) is 0 Å². The Kier molecular flexibility index (Phi) is 4.43. The Morgan fingerprint density at radius 3 is 2.93 bits per heavy atom. The summed E-state index contributed by atoms with van der Waals surface area (Å²) < 4.78 is 11.8. The van der Waals surface area contributed by atoms with E-state index in [9.17, 15) is 14.4 Å². The highest BCUT2D eigenvalue weighted by atomic mass is 32.2. The van der Waals surface area contributed by atoms with Crippen molar-refractivity contribution in [1.82, 2.24) is 15.2 Å². The highest BCUT2D eigenvalue weighted by molar-refractivity contribution is 8.01. The number of rotatable bonds is 6. The highest BCUT2D eigenvalue weighted by Gasteiger charge is 2.72. The monoisotopic (exact) mass is 449 g/mol. The number of primary amides is 1. The number of thioether (sulfide) groups is 1. The molecule has 1 aromatic heterocycles. The number of allylic oxidation sites excluding steroid dienone is 2. The number of nitrogens with zero attached hydrogens (tertiary/aromatic N) is 2. The number of thiazole rings is 1. The summed E-state index contributed by atoms with van der Waals surface area (Å²) in [5.74, 6) is -1.17. The van der Waals surface area contributed by atoms with E-state index in [2.05, 4.69) is 10.3 Å². The lowest BCUT2D eigenvalue weighted by Gasteiger charge is -2.39. The summed E-state index contributed by atoms with van der Waals surface area (Å²) in [5, 5.41) is 5.15. The zero-order chi connectivity index (χ0) is 21.2. The molecule has 0 aromatic carbocycles. The average molecular weight is 450 g/mol. The van der Waals surface area contributed by atoms with Crippen molar-refractivity contribution in [3.63, 3.8) is 0 Å². The summed E-state index contributed by atoms with van der Waals surface area (Å²) in [6.07, 6.45) is 0.717. The molecule has 0 saturated carbocycles. The van der Waals surface area contributed by atoms with Crippen LogP contribution >= 0.6 is 23.1 Å². The van der Waals surface area contributed by atoms with Gasteiger partial charge in [0, 0.05) is 48.2 Å². The summed E-state index contributed by atoms with van der Waals surface area (Å²) in [5.41, 5.74) is 11.0. The van der Waals surface area contributed by atoms with E-state index in [0.29, 0.717) is 6.54 Å². The summed E-state index contributed by atoms with van der Waals surface area (Å²) in [6.45, 7) is 0.329. The fourth-order valence-corrected chi connectivity index (χ4v) is 6.47. The fraction of sp³-hybridized carbons (Fsp3) is 0.444. The van der Waals surface area contributed by atoms with Crippen LogP contribution in [0.2, 0.25) is 0 Å². The van der Waals surface area contributed by atoms with Crippen molar-refractivity contribution in [2.45, 2.75) is 22.1 Å². The summed E-state index contributed by atoms with van der Waals surface area (Å²) in [4.78, 5) is 44.1. The van der Waals surface area contributed by atoms with Gasteiger partial charge in [0.05, 0.1) is 23.4 Å². The quantitative estimate of drug-likeness (QED) is 0.295. The first-order chi connectivity index (χ1) is 14.4. The Hall–Kier alpha value is -2.41. The average Bonchev–Trinajstić information content (AvgIpc) is 3.08. The number of nitrogens with one attached hydrogen (secondary N) is 1. The number of hydrogen-bond acceptors (Lipinski definition) is 11. The third kappa shape index (κ3) is 2.57. The Bertz CT molecular complexity index is 1020. The summed E-state index contributed by atoms with van der Waals surface area (Å²) in [6, 6.07) is 0.0407. The molecule has 0 bridgehead atoms. The van der Waals surface area contributed by atoms with E-state index < -0.39 is 23.5 Å². The van der Waals surface area contributed by atoms with Crippen LogP contribution in [0.25, 0.3) is 0 Å². The predicted octanol–water partition coefficient (Wildman–Crippen LogP) is -0.422. The van der Waals surface area contributed by atoms with Crippen molar-refractivity contribution in [3.8, 4) is 0 Å². The van der Waals surface area contributed by atoms with Crippen LogP contribution in [0, 0.1) is 5.92 Å². The second-order valence-electron chi connectivity index (χ2n) is 7.40. The molecule has 2 saturated heterocycles. The number of ether oxygens (including phenoxy) is 2. The molecule has 2 fully saturated rings. The van der Waals surface area contributed by atoms with Crippen LogP contribution in [0.5, 0.6) is 0 Å². The van der Waals surface area contributed by atoms with Crippen molar-refractivity contribution in [2.24, 2.45) is 17.4 Å². The third-order valence-electron chi connectivity index (χ3n) is 6.08. The van der Waals surface area contributed by atoms with Crippen LogP contribution in [0.4, 0.5) is 4.79 Å². The van der Waals surface area contributed by atoms with Crippen molar-refractivity contribution in [2.75, 3.05) is 26.0 Å². The minimum atomic E-state index is -1.01. The Morgan fingerprint density at radius 1 is 1.47 bits per heavy atom. The minimum absolute atomic E-state index is 0.0837. The van der Waals surface area contributed by atoms with Crippen LogP contribution in [0.15, 0.2) is 38.5 Å². The predicted molar refractivity (Wildman–Crippen MR) is 107 cm³/mol. The number of methoxy groups -OCH3 is 1. The number of amides is 1. The van der Waals surface area contributed by atoms with Crippen LogP contribution in [0.3, 0.4) is 0 Å². The largest absolute Gasteiger partial charge is 0.449 e. The number of ketones is 2. The number of carbonyl (C=O) groups is 3. The molecule has 0 radical (unpaired) electrons. The molecule has 0 spiro atoms. The lowest BCUT2D eigenvalue weighted by Crippen LogP contribution is -2.55. The lowest BCUT2D eigenvalue weighted by atomic mass is 9.82. The maximum absolute atomic E-state index is 13.5. The van der Waals surface area contributed by atoms with Gasteiger partial charge >= 0.3 is 6.09 Å². The molecular weight excluding hydrogens is 430 g/mol. The normalized spacial score (nSPS) is 31.8. The van der Waals surface area contributed by atoms with Crippen molar-refractivity contribution < 1.29 is 23.9 Å². The second-order valence-corrected chi connectivity index (χ2v) is 9.52. The number of carbonyl (C=O) groups excluding carboxylic acids is 3. The molecule has 3 aliphatic heterocycles. The lowest BCUT2D eigenvalue weighted by molar-refractivity contribution is -0.137. The standard InChI is InChI=1S/C18H19N5O5S2/c1-27-18-8(5-28-16(20)26)10-12(23(18)4-9-15(18)22-9)13(24)7(11(19)14(10)25)6-30-17-21-2-3-29-17/h2-3,8-9,15,22H,4-6,19H2,1H3,(H2,20,26)/t8-,9+,15+,18-/m1/s1. The molecule has 10 nitrogen and oxygen atoms in total. The topological polar surface area (TPSA) is 160 Å². The van der Waals surface area contributed by atoms with Gasteiger partial charge in [-0.2, -0.15) is 0 Å². The van der Waals surface area contributed by atoms with Gasteiger partial charge in [0.15, 0.2) is 5.72 Å². The van der Waals surface area contributed by atoms with E-state index in [1.54, 1.807) is 6.20 Å². The van der Waals surface area contributed by atoms with Crippen LogP contribution in [-0.4, -0.2) is 71.4 Å². The number of aromatic nitrogens is 1. The van der Waals surface area contributed by atoms with Gasteiger partial charge in [-0.3, -0.25) is 9.59 Å². The van der Waals surface area contributed by atoms with Gasteiger partial charge in [0.2, 0.25) is 11.6 Å². The number of nitrogens with two attached hydrogens (primary N) is 2. The Balaban J connectivity index is 1.52. The van der Waals surface area contributed by atoms with Crippen molar-refractivity contribution >= 4 is 40.8 Å². The zero-order valence-electron chi connectivity index (χ0n) is 15.9. The van der Waals surface area contributed by atoms with E-state index >= 15 is 0 Å². The van der Waals surface area contributed by atoms with Gasteiger partial charge in [-0.25, -0.2) is 9.78 Å². The van der Waals surface area contributed by atoms with Gasteiger partial charge in [-0.15, -0.1) is 11.3 Å². The Labute approximate surface area is 179 Å². The maximum atomic E-state index is 13.5. The van der Waals surface area contributed by atoms with E-state index in [4.69, 9.17) is 20.9 Å². The Morgan fingerprint density at radius 2 is 2.27 bits per heavy atom. The molecular formula is C18H19N5O5S2. The van der Waals surface area contributed by atoms with E-state index in [0.717, 1.165) is 4.34 Å². The maximum Gasteiger partial charge on any atom is 0.404 e. The fourth-order valence-electron chi connectivity index (χ4n) is 4.80.